The van der Waals surface area contributed by atoms with E-state index in [0.717, 1.165) is 49.0 Å². The zero-order chi connectivity index (χ0) is 22.1. The quantitative estimate of drug-likeness (QED) is 0.766. The van der Waals surface area contributed by atoms with Gasteiger partial charge >= 0.3 is 0 Å². The molecule has 31 heavy (non-hydrogen) atoms. The van der Waals surface area contributed by atoms with E-state index in [1.807, 2.05) is 18.2 Å². The van der Waals surface area contributed by atoms with Crippen molar-refractivity contribution in [3.63, 3.8) is 0 Å². The molecule has 2 aliphatic rings. The van der Waals surface area contributed by atoms with Crippen molar-refractivity contribution in [3.05, 3.63) is 53.6 Å². The number of methoxy groups -OCH3 is 1. The van der Waals surface area contributed by atoms with Crippen LogP contribution in [-0.2, 0) is 26.5 Å². The molecule has 1 heterocycles. The lowest BCUT2D eigenvalue weighted by Gasteiger charge is -2.38. The van der Waals surface area contributed by atoms with Gasteiger partial charge in [-0.3, -0.25) is 4.79 Å². The highest BCUT2D eigenvalue weighted by Crippen LogP contribution is 2.41. The van der Waals surface area contributed by atoms with Gasteiger partial charge < -0.3 is 14.8 Å². The fraction of sp³-hybridized carbons (Fsp3) is 0.458. The minimum absolute atomic E-state index is 0.000693. The summed E-state index contributed by atoms with van der Waals surface area (Å²) in [5.74, 6) is 1.45. The van der Waals surface area contributed by atoms with Crippen LogP contribution in [0.5, 0.6) is 11.5 Å². The number of ether oxygens (including phenoxy) is 2. The van der Waals surface area contributed by atoms with Crippen molar-refractivity contribution in [3.8, 4) is 11.5 Å². The second kappa shape index (κ2) is 8.54. The highest BCUT2D eigenvalue weighted by atomic mass is 32.2. The molecule has 1 saturated carbocycles. The molecule has 1 amide bonds. The molecule has 4 rings (SSSR count). The summed E-state index contributed by atoms with van der Waals surface area (Å²) in [6, 6.07) is 12.5. The molecular formula is C24H29NO5S. The van der Waals surface area contributed by atoms with Crippen LogP contribution in [0.2, 0.25) is 0 Å². The maximum atomic E-state index is 13.6. The maximum absolute atomic E-state index is 13.6. The van der Waals surface area contributed by atoms with Gasteiger partial charge in [0.15, 0.2) is 21.3 Å². The highest BCUT2D eigenvalue weighted by molar-refractivity contribution is 7.90. The van der Waals surface area contributed by atoms with Gasteiger partial charge in [0.05, 0.1) is 23.5 Å². The molecule has 0 bridgehead atoms. The second-order valence-electron chi connectivity index (χ2n) is 8.57. The van der Waals surface area contributed by atoms with Crippen molar-refractivity contribution in [1.82, 2.24) is 5.32 Å². The Morgan fingerprint density at radius 3 is 2.45 bits per heavy atom. The Bertz CT molecular complexity index is 1060. The summed E-state index contributed by atoms with van der Waals surface area (Å²) in [6.45, 7) is 0.391. The first-order valence-corrected chi connectivity index (χ1v) is 12.6. The first-order chi connectivity index (χ1) is 14.8. The zero-order valence-electron chi connectivity index (χ0n) is 18.0. The van der Waals surface area contributed by atoms with Gasteiger partial charge in [0, 0.05) is 11.8 Å². The Balaban J connectivity index is 1.56. The normalized spacial score (nSPS) is 20.3. The van der Waals surface area contributed by atoms with Crippen molar-refractivity contribution >= 4 is 15.7 Å². The molecule has 1 N–H and O–H groups in total. The van der Waals surface area contributed by atoms with Crippen molar-refractivity contribution in [2.75, 3.05) is 20.0 Å². The Kier molecular flexibility index (Phi) is 5.97. The zero-order valence-corrected chi connectivity index (χ0v) is 18.8. The Hall–Kier alpha value is -2.54. The fourth-order valence-electron chi connectivity index (χ4n) is 4.79. The van der Waals surface area contributed by atoms with E-state index in [1.54, 1.807) is 31.4 Å². The Morgan fingerprint density at radius 2 is 1.81 bits per heavy atom. The lowest BCUT2D eigenvalue weighted by molar-refractivity contribution is -0.129. The number of sulfone groups is 1. The summed E-state index contributed by atoms with van der Waals surface area (Å²) < 4.78 is 35.0. The van der Waals surface area contributed by atoms with Crippen LogP contribution in [0.3, 0.4) is 0 Å². The number of amides is 1. The lowest BCUT2D eigenvalue weighted by atomic mass is 9.68. The number of para-hydroxylation sites is 1. The molecule has 0 aromatic heterocycles. The van der Waals surface area contributed by atoms with Crippen LogP contribution in [0.1, 0.15) is 43.2 Å². The number of hydrogen-bond donors (Lipinski definition) is 1. The molecule has 1 fully saturated rings. The predicted molar refractivity (Wildman–Crippen MR) is 118 cm³/mol. The molecule has 7 heteroatoms. The van der Waals surface area contributed by atoms with Gasteiger partial charge in [0.1, 0.15) is 6.61 Å². The van der Waals surface area contributed by atoms with Gasteiger partial charge in [-0.05, 0) is 43.0 Å². The third-order valence-corrected chi connectivity index (χ3v) is 7.62. The molecule has 0 radical (unpaired) electrons. The average Bonchev–Trinajstić information content (AvgIpc) is 2.78. The first kappa shape index (κ1) is 21.7. The molecule has 1 unspecified atom stereocenters. The minimum Gasteiger partial charge on any atom is -0.493 e. The molecule has 1 aliphatic carbocycles. The number of rotatable bonds is 5. The maximum Gasteiger partial charge on any atom is 0.230 e. The Labute approximate surface area is 183 Å². The van der Waals surface area contributed by atoms with Crippen LogP contribution in [0.4, 0.5) is 0 Å². The molecule has 6 nitrogen and oxygen atoms in total. The van der Waals surface area contributed by atoms with Crippen LogP contribution in [0, 0.1) is 0 Å². The number of nitrogens with one attached hydrogen (secondary N) is 1. The van der Waals surface area contributed by atoms with Gasteiger partial charge in [0.2, 0.25) is 5.91 Å². The van der Waals surface area contributed by atoms with E-state index in [-0.39, 0.29) is 16.8 Å². The lowest BCUT2D eigenvalue weighted by Crippen LogP contribution is -2.52. The predicted octanol–water partition coefficient (Wildman–Crippen LogP) is 3.42. The number of fused-ring (bicyclic) bond motifs is 1. The van der Waals surface area contributed by atoms with E-state index in [2.05, 4.69) is 5.32 Å². The van der Waals surface area contributed by atoms with Gasteiger partial charge in [-0.15, -0.1) is 0 Å². The van der Waals surface area contributed by atoms with E-state index < -0.39 is 15.3 Å². The van der Waals surface area contributed by atoms with Crippen LogP contribution in [0.15, 0.2) is 47.4 Å². The van der Waals surface area contributed by atoms with E-state index in [4.69, 9.17) is 9.47 Å². The van der Waals surface area contributed by atoms with Gasteiger partial charge in [-0.2, -0.15) is 0 Å². The number of hydrogen-bond acceptors (Lipinski definition) is 5. The van der Waals surface area contributed by atoms with Crippen molar-refractivity contribution in [2.45, 2.75) is 54.9 Å². The topological polar surface area (TPSA) is 81.7 Å². The minimum atomic E-state index is -3.27. The number of carbonyl (C=O) groups excluding carboxylic acids is 1. The monoisotopic (exact) mass is 443 g/mol. The molecular weight excluding hydrogens is 414 g/mol. The highest BCUT2D eigenvalue weighted by Gasteiger charge is 2.42. The van der Waals surface area contributed by atoms with Crippen molar-refractivity contribution in [2.24, 2.45) is 0 Å². The molecule has 0 spiro atoms. The summed E-state index contributed by atoms with van der Waals surface area (Å²) in [4.78, 5) is 13.9. The first-order valence-electron chi connectivity index (χ1n) is 10.7. The van der Waals surface area contributed by atoms with Crippen LogP contribution >= 0.6 is 0 Å². The summed E-state index contributed by atoms with van der Waals surface area (Å²) >= 11 is 0. The summed E-state index contributed by atoms with van der Waals surface area (Å²) in [6.07, 6.45) is 6.45. The molecule has 1 aliphatic heterocycles. The van der Waals surface area contributed by atoms with Gasteiger partial charge in [-0.25, -0.2) is 8.42 Å². The molecule has 1 atom stereocenters. The third-order valence-electron chi connectivity index (χ3n) is 6.49. The van der Waals surface area contributed by atoms with E-state index >= 15 is 0 Å². The van der Waals surface area contributed by atoms with Crippen molar-refractivity contribution < 1.29 is 22.7 Å². The second-order valence-corrected chi connectivity index (χ2v) is 10.6. The number of benzene rings is 2. The third kappa shape index (κ3) is 4.28. The van der Waals surface area contributed by atoms with Gasteiger partial charge in [0.25, 0.3) is 0 Å². The van der Waals surface area contributed by atoms with E-state index in [9.17, 15) is 13.2 Å². The standard InChI is InChI=1S/C24H29NO5S/c1-29-21-8-6-7-17-15-19(16-30-22(17)21)25-23(26)24(13-4-3-5-14-24)18-9-11-20(12-10-18)31(2,27)28/h6-12,19H,3-5,13-16H2,1-2H3,(H,25,26). The van der Waals surface area contributed by atoms with Crippen molar-refractivity contribution in [1.29, 1.82) is 0 Å². The van der Waals surface area contributed by atoms with Crippen LogP contribution < -0.4 is 14.8 Å². The van der Waals surface area contributed by atoms with E-state index in [1.165, 1.54) is 6.26 Å². The average molecular weight is 444 g/mol. The van der Waals surface area contributed by atoms with Crippen LogP contribution in [0.25, 0.3) is 0 Å². The largest absolute Gasteiger partial charge is 0.493 e. The van der Waals surface area contributed by atoms with E-state index in [0.29, 0.717) is 18.8 Å². The smallest absolute Gasteiger partial charge is 0.230 e. The fourth-order valence-corrected chi connectivity index (χ4v) is 5.42. The Morgan fingerprint density at radius 1 is 1.10 bits per heavy atom. The van der Waals surface area contributed by atoms with Crippen LogP contribution in [-0.4, -0.2) is 40.3 Å². The molecule has 0 saturated heterocycles. The summed E-state index contributed by atoms with van der Waals surface area (Å²) in [5, 5.41) is 3.23. The SMILES string of the molecule is COc1cccc2c1OCC(NC(=O)C1(c3ccc(S(C)(=O)=O)cc3)CCCCC1)C2. The molecule has 2 aromatic rings. The summed E-state index contributed by atoms with van der Waals surface area (Å²) in [5.41, 5.74) is 1.27. The molecule has 166 valence electrons. The number of carbonyl (C=O) groups is 1. The molecule has 2 aromatic carbocycles. The van der Waals surface area contributed by atoms with Gasteiger partial charge in [-0.1, -0.05) is 43.5 Å². The summed E-state index contributed by atoms with van der Waals surface area (Å²) in [7, 11) is -1.65.